The Balaban J connectivity index is 2.81. The molecule has 0 saturated carbocycles. The Morgan fingerprint density at radius 2 is 1.97 bits per heavy atom. The zero-order valence-corrected chi connectivity index (χ0v) is 22.1. The molecule has 0 bridgehead atoms. The highest BCUT2D eigenvalue weighted by molar-refractivity contribution is 7.79. The molecule has 0 aromatic carbocycles. The Bertz CT molecular complexity index is 932. The van der Waals surface area contributed by atoms with Crippen LogP contribution >= 0.6 is 23.8 Å². The van der Waals surface area contributed by atoms with Gasteiger partial charge in [-0.2, -0.15) is 0 Å². The summed E-state index contributed by atoms with van der Waals surface area (Å²) >= 11 is 11.3. The van der Waals surface area contributed by atoms with Crippen molar-refractivity contribution in [3.63, 3.8) is 0 Å². The number of nitrogens with zero attached hydrogens (tertiary/aromatic N) is 1. The highest BCUT2D eigenvalue weighted by Gasteiger charge is 2.09. The molecule has 0 radical (unpaired) electrons. The van der Waals surface area contributed by atoms with Crippen LogP contribution in [0.3, 0.4) is 0 Å². The van der Waals surface area contributed by atoms with E-state index in [1.165, 1.54) is 11.1 Å². The fraction of sp³-hybridized carbons (Fsp3) is 0.379. The first kappa shape index (κ1) is 28.0. The van der Waals surface area contributed by atoms with Gasteiger partial charge in [-0.25, -0.2) is 0 Å². The summed E-state index contributed by atoms with van der Waals surface area (Å²) in [6.45, 7) is 16.6. The molecule has 0 heterocycles. The predicted octanol–water partition coefficient (Wildman–Crippen LogP) is 9.56. The molecule has 1 rings (SSSR count). The van der Waals surface area contributed by atoms with Gasteiger partial charge >= 0.3 is 0 Å². The maximum absolute atomic E-state index is 6.25. The van der Waals surface area contributed by atoms with Gasteiger partial charge in [-0.05, 0) is 101 Å². The van der Waals surface area contributed by atoms with Crippen LogP contribution < -0.4 is 0 Å². The smallest absolute Gasteiger partial charge is 0.0302 e. The summed E-state index contributed by atoms with van der Waals surface area (Å²) in [6.07, 6.45) is 20.7. The molecular formula is C29H38ClNS. The van der Waals surface area contributed by atoms with E-state index in [4.69, 9.17) is 28.8 Å². The Morgan fingerprint density at radius 1 is 1.25 bits per heavy atom. The van der Waals surface area contributed by atoms with E-state index >= 15 is 0 Å². The van der Waals surface area contributed by atoms with Gasteiger partial charge < -0.3 is 0 Å². The van der Waals surface area contributed by atoms with Crippen LogP contribution in [-0.4, -0.2) is 11.1 Å². The minimum absolute atomic E-state index is 0.406. The van der Waals surface area contributed by atoms with Gasteiger partial charge in [-0.15, -0.1) is 0 Å². The van der Waals surface area contributed by atoms with Crippen LogP contribution in [0.1, 0.15) is 67.2 Å². The second kappa shape index (κ2) is 14.9. The van der Waals surface area contributed by atoms with Gasteiger partial charge in [0, 0.05) is 22.3 Å². The van der Waals surface area contributed by atoms with Crippen molar-refractivity contribution >= 4 is 34.9 Å². The first-order valence-electron chi connectivity index (χ1n) is 11.3. The minimum Gasteiger partial charge on any atom is -0.265 e. The second-order valence-electron chi connectivity index (χ2n) is 8.48. The third kappa shape index (κ3) is 10.5. The molecular weight excluding hydrogens is 430 g/mol. The van der Waals surface area contributed by atoms with Crippen LogP contribution in [0.15, 0.2) is 98.8 Å². The van der Waals surface area contributed by atoms with E-state index in [0.717, 1.165) is 58.7 Å². The summed E-state index contributed by atoms with van der Waals surface area (Å²) in [5, 5.41) is 2.58. The summed E-state index contributed by atoms with van der Waals surface area (Å²) in [7, 11) is 0. The molecule has 0 amide bonds. The fourth-order valence-electron chi connectivity index (χ4n) is 3.25. The van der Waals surface area contributed by atoms with Crippen molar-refractivity contribution in [3.05, 3.63) is 93.8 Å². The SMILES string of the molecule is C=C(C)\C=C/C(=C\C)C(/C)=C/N=C(\C)C(C)CC/C(C)=C/C(=C\C=S)C1=CCCC(Cl)=C1. The van der Waals surface area contributed by atoms with Gasteiger partial charge in [0.15, 0.2) is 0 Å². The second-order valence-corrected chi connectivity index (χ2v) is 9.24. The highest BCUT2D eigenvalue weighted by atomic mass is 35.5. The lowest BCUT2D eigenvalue weighted by atomic mass is 9.94. The Kier molecular flexibility index (Phi) is 13.1. The number of aliphatic imine (C=N–C) groups is 1. The van der Waals surface area contributed by atoms with Crippen molar-refractivity contribution in [3.8, 4) is 0 Å². The zero-order valence-electron chi connectivity index (χ0n) is 20.5. The molecule has 0 aromatic heterocycles. The van der Waals surface area contributed by atoms with Crippen LogP contribution in [0.5, 0.6) is 0 Å². The van der Waals surface area contributed by atoms with Crippen molar-refractivity contribution in [1.29, 1.82) is 0 Å². The maximum Gasteiger partial charge on any atom is 0.0302 e. The lowest BCUT2D eigenvalue weighted by molar-refractivity contribution is 0.675. The topological polar surface area (TPSA) is 12.4 Å². The third-order valence-electron chi connectivity index (χ3n) is 5.50. The molecule has 0 aromatic rings. The molecule has 0 fully saturated rings. The van der Waals surface area contributed by atoms with E-state index in [1.54, 1.807) is 5.37 Å². The van der Waals surface area contributed by atoms with Crippen LogP contribution in [0.2, 0.25) is 0 Å². The number of thiocarbonyl (C=S) groups is 1. The van der Waals surface area contributed by atoms with Crippen molar-refractivity contribution in [1.82, 2.24) is 0 Å². The normalized spacial score (nSPS) is 17.9. The van der Waals surface area contributed by atoms with Gasteiger partial charge in [-0.3, -0.25) is 4.99 Å². The zero-order chi connectivity index (χ0) is 24.1. The lowest BCUT2D eigenvalue weighted by Gasteiger charge is -2.13. The summed E-state index contributed by atoms with van der Waals surface area (Å²) in [6, 6.07) is 0. The molecule has 0 N–H and O–H groups in total. The van der Waals surface area contributed by atoms with Crippen LogP contribution in [-0.2, 0) is 0 Å². The van der Waals surface area contributed by atoms with Gasteiger partial charge in [0.25, 0.3) is 0 Å². The van der Waals surface area contributed by atoms with Crippen LogP contribution in [0, 0.1) is 5.92 Å². The number of hydrogen-bond acceptors (Lipinski definition) is 2. The van der Waals surface area contributed by atoms with E-state index in [2.05, 4.69) is 64.7 Å². The highest BCUT2D eigenvalue weighted by Crippen LogP contribution is 2.27. The maximum atomic E-state index is 6.25. The van der Waals surface area contributed by atoms with E-state index < -0.39 is 0 Å². The predicted molar refractivity (Wildman–Crippen MR) is 150 cm³/mol. The van der Waals surface area contributed by atoms with E-state index in [-0.39, 0.29) is 0 Å². The standard InChI is InChI=1S/C29H38ClNS/c1-8-26(15-12-21(2)3)24(6)20-31-25(7)23(5)14-13-22(4)18-28(16-17-32)27-10-9-11-29(30)19-27/h8,10,12,15-20,23H,2,9,11,13-14H2,1,3-7H3/b15-12-,22-18+,24-20+,26-8+,28-16+,31-25+. The molecule has 0 saturated heterocycles. The van der Waals surface area contributed by atoms with Gasteiger partial charge in [0.2, 0.25) is 0 Å². The molecule has 0 spiro atoms. The Hall–Kier alpha value is -2.03. The molecule has 1 nitrogen and oxygen atoms in total. The number of hydrogen-bond donors (Lipinski definition) is 0. The van der Waals surface area contributed by atoms with Crippen LogP contribution in [0.25, 0.3) is 0 Å². The average Bonchev–Trinajstić information content (AvgIpc) is 2.75. The minimum atomic E-state index is 0.406. The number of halogens is 1. The van der Waals surface area contributed by atoms with Gasteiger partial charge in [-0.1, -0.05) is 78.8 Å². The average molecular weight is 468 g/mol. The van der Waals surface area contributed by atoms with E-state index in [9.17, 15) is 0 Å². The van der Waals surface area contributed by atoms with Crippen molar-refractivity contribution in [2.45, 2.75) is 67.2 Å². The summed E-state index contributed by atoms with van der Waals surface area (Å²) in [4.78, 5) is 4.75. The van der Waals surface area contributed by atoms with E-state index in [0.29, 0.717) is 5.92 Å². The summed E-state index contributed by atoms with van der Waals surface area (Å²) < 4.78 is 0. The molecule has 1 atom stereocenters. The molecule has 0 aliphatic heterocycles. The first-order valence-corrected chi connectivity index (χ1v) is 12.1. The Labute approximate surface area is 206 Å². The molecule has 32 heavy (non-hydrogen) atoms. The van der Waals surface area contributed by atoms with Crippen LogP contribution in [0.4, 0.5) is 0 Å². The Morgan fingerprint density at radius 3 is 2.56 bits per heavy atom. The summed E-state index contributed by atoms with van der Waals surface area (Å²) in [5.74, 6) is 0.406. The molecule has 3 heteroatoms. The number of allylic oxidation sites excluding steroid dienone is 14. The molecule has 1 aliphatic carbocycles. The van der Waals surface area contributed by atoms with Crippen molar-refractivity contribution in [2.75, 3.05) is 0 Å². The molecule has 1 unspecified atom stereocenters. The fourth-order valence-corrected chi connectivity index (χ4v) is 3.62. The largest absolute Gasteiger partial charge is 0.265 e. The summed E-state index contributed by atoms with van der Waals surface area (Å²) in [5.41, 5.74) is 8.13. The van der Waals surface area contributed by atoms with Gasteiger partial charge in [0.05, 0.1) is 0 Å². The van der Waals surface area contributed by atoms with Crippen molar-refractivity contribution in [2.24, 2.45) is 10.9 Å². The number of rotatable bonds is 11. The first-order chi connectivity index (χ1) is 15.2. The third-order valence-corrected chi connectivity index (χ3v) is 5.94. The molecule has 1 aliphatic rings. The monoisotopic (exact) mass is 467 g/mol. The lowest BCUT2D eigenvalue weighted by Crippen LogP contribution is -2.06. The van der Waals surface area contributed by atoms with Crippen molar-refractivity contribution < 1.29 is 0 Å². The quantitative estimate of drug-likeness (QED) is 0.127. The van der Waals surface area contributed by atoms with Gasteiger partial charge in [0.1, 0.15) is 0 Å². The molecule has 172 valence electrons. The van der Waals surface area contributed by atoms with E-state index in [1.807, 2.05) is 32.2 Å².